The van der Waals surface area contributed by atoms with Crippen molar-refractivity contribution in [2.75, 3.05) is 5.73 Å². The largest absolute Gasteiger partial charge is 0.399 e. The number of benzene rings is 1. The molecule has 1 atom stereocenters. The van der Waals surface area contributed by atoms with Crippen LogP contribution in [0.15, 0.2) is 40.2 Å². The van der Waals surface area contributed by atoms with Gasteiger partial charge in [-0.05, 0) is 45.1 Å². The molecule has 0 aliphatic carbocycles. The summed E-state index contributed by atoms with van der Waals surface area (Å²) < 4.78 is 0.942. The summed E-state index contributed by atoms with van der Waals surface area (Å²) in [6.07, 6.45) is -0.583. The van der Waals surface area contributed by atoms with Crippen LogP contribution in [-0.2, 0) is 0 Å². The van der Waals surface area contributed by atoms with E-state index in [1.165, 1.54) is 11.3 Å². The molecule has 2 nitrogen and oxygen atoms in total. The van der Waals surface area contributed by atoms with Crippen molar-refractivity contribution in [3.63, 3.8) is 0 Å². The number of aliphatic hydroxyl groups is 1. The second kappa shape index (κ2) is 4.35. The van der Waals surface area contributed by atoms with Gasteiger partial charge in [-0.3, -0.25) is 0 Å². The number of rotatable bonds is 2. The van der Waals surface area contributed by atoms with Gasteiger partial charge in [0.25, 0.3) is 0 Å². The maximum atomic E-state index is 10.1. The number of halogens is 1. The summed E-state index contributed by atoms with van der Waals surface area (Å²) in [6.45, 7) is 0. The van der Waals surface area contributed by atoms with E-state index in [0.717, 1.165) is 14.9 Å². The Morgan fingerprint density at radius 3 is 2.40 bits per heavy atom. The quantitative estimate of drug-likeness (QED) is 0.832. The summed E-state index contributed by atoms with van der Waals surface area (Å²) in [4.78, 5) is 0.916. The highest BCUT2D eigenvalue weighted by Crippen LogP contribution is 2.33. The van der Waals surface area contributed by atoms with Crippen LogP contribution in [0.4, 0.5) is 5.69 Å². The Morgan fingerprint density at radius 2 is 1.87 bits per heavy atom. The van der Waals surface area contributed by atoms with E-state index in [2.05, 4.69) is 15.9 Å². The van der Waals surface area contributed by atoms with Crippen LogP contribution in [-0.4, -0.2) is 5.11 Å². The molecule has 4 heteroatoms. The van der Waals surface area contributed by atoms with E-state index >= 15 is 0 Å². The van der Waals surface area contributed by atoms with Gasteiger partial charge in [0.2, 0.25) is 0 Å². The zero-order valence-corrected chi connectivity index (χ0v) is 10.3. The van der Waals surface area contributed by atoms with Crippen LogP contribution in [0, 0.1) is 0 Å². The highest BCUT2D eigenvalue weighted by atomic mass is 79.9. The van der Waals surface area contributed by atoms with E-state index in [1.54, 1.807) is 12.1 Å². The van der Waals surface area contributed by atoms with Crippen molar-refractivity contribution in [3.8, 4) is 0 Å². The van der Waals surface area contributed by atoms with Gasteiger partial charge in [-0.25, -0.2) is 0 Å². The number of nitrogens with two attached hydrogens (primary N) is 1. The molecule has 0 aliphatic rings. The van der Waals surface area contributed by atoms with Crippen molar-refractivity contribution >= 4 is 33.0 Å². The minimum Gasteiger partial charge on any atom is -0.399 e. The molecule has 0 aliphatic heterocycles. The Hall–Kier alpha value is -0.840. The van der Waals surface area contributed by atoms with E-state index in [0.29, 0.717) is 5.69 Å². The fraction of sp³-hybridized carbons (Fsp3) is 0.0909. The second-order valence-corrected chi connectivity index (χ2v) is 5.00. The minimum absolute atomic E-state index is 0.583. The molecule has 2 rings (SSSR count). The molecular formula is C11H10BrNOS. The molecule has 0 radical (unpaired) electrons. The summed E-state index contributed by atoms with van der Waals surface area (Å²) in [5.41, 5.74) is 7.15. The molecule has 3 N–H and O–H groups in total. The first kappa shape index (κ1) is 10.7. The van der Waals surface area contributed by atoms with Crippen LogP contribution >= 0.6 is 27.3 Å². The average Bonchev–Trinajstić information content (AvgIpc) is 2.65. The smallest absolute Gasteiger partial charge is 0.114 e. The van der Waals surface area contributed by atoms with E-state index in [4.69, 9.17) is 5.73 Å². The Labute approximate surface area is 100 Å². The minimum atomic E-state index is -0.583. The summed E-state index contributed by atoms with van der Waals surface area (Å²) in [5.74, 6) is 0. The molecule has 0 amide bonds. The van der Waals surface area contributed by atoms with Gasteiger partial charge in [0.15, 0.2) is 0 Å². The van der Waals surface area contributed by atoms with Gasteiger partial charge < -0.3 is 10.8 Å². The van der Waals surface area contributed by atoms with Crippen LogP contribution in [0.25, 0.3) is 0 Å². The van der Waals surface area contributed by atoms with Gasteiger partial charge in [0, 0.05) is 10.2 Å². The van der Waals surface area contributed by atoms with E-state index in [-0.39, 0.29) is 0 Å². The molecule has 0 fully saturated rings. The highest BCUT2D eigenvalue weighted by Gasteiger charge is 2.14. The Bertz CT molecular complexity index is 452. The topological polar surface area (TPSA) is 46.2 Å². The van der Waals surface area contributed by atoms with Gasteiger partial charge >= 0.3 is 0 Å². The second-order valence-electron chi connectivity index (χ2n) is 3.20. The standard InChI is InChI=1S/C11H10BrNOS/c12-9-5-6-15-11(9)10(14)7-1-3-8(13)4-2-7/h1-6,10,14H,13H2. The van der Waals surface area contributed by atoms with Crippen molar-refractivity contribution in [1.29, 1.82) is 0 Å². The van der Waals surface area contributed by atoms with Gasteiger partial charge in [0.1, 0.15) is 6.10 Å². The van der Waals surface area contributed by atoms with Crippen LogP contribution in [0.2, 0.25) is 0 Å². The number of aliphatic hydroxyl groups excluding tert-OH is 1. The number of anilines is 1. The molecule has 78 valence electrons. The first-order chi connectivity index (χ1) is 7.18. The molecule has 0 spiro atoms. The molecule has 2 aromatic rings. The third-order valence-electron chi connectivity index (χ3n) is 2.15. The molecule has 1 heterocycles. The van der Waals surface area contributed by atoms with Crippen molar-refractivity contribution in [3.05, 3.63) is 50.6 Å². The summed E-state index contributed by atoms with van der Waals surface area (Å²) in [6, 6.07) is 9.19. The third-order valence-corrected chi connectivity index (χ3v) is 4.07. The van der Waals surface area contributed by atoms with Gasteiger partial charge in [-0.1, -0.05) is 12.1 Å². The average molecular weight is 284 g/mol. The van der Waals surface area contributed by atoms with E-state index in [9.17, 15) is 5.11 Å². The zero-order valence-electron chi connectivity index (χ0n) is 7.85. The molecular weight excluding hydrogens is 274 g/mol. The molecule has 1 unspecified atom stereocenters. The Morgan fingerprint density at radius 1 is 1.20 bits per heavy atom. The van der Waals surface area contributed by atoms with Gasteiger partial charge in [-0.15, -0.1) is 11.3 Å². The fourth-order valence-electron chi connectivity index (χ4n) is 1.33. The fourth-order valence-corrected chi connectivity index (χ4v) is 2.93. The Kier molecular flexibility index (Phi) is 3.09. The maximum absolute atomic E-state index is 10.1. The van der Waals surface area contributed by atoms with Crippen molar-refractivity contribution in [2.45, 2.75) is 6.10 Å². The zero-order chi connectivity index (χ0) is 10.8. The Balaban J connectivity index is 2.32. The summed E-state index contributed by atoms with van der Waals surface area (Å²) in [5, 5.41) is 12.0. The SMILES string of the molecule is Nc1ccc(C(O)c2sccc2Br)cc1. The molecule has 0 saturated carbocycles. The first-order valence-corrected chi connectivity index (χ1v) is 6.12. The lowest BCUT2D eigenvalue weighted by Crippen LogP contribution is -1.98. The number of hydrogen-bond donors (Lipinski definition) is 2. The first-order valence-electron chi connectivity index (χ1n) is 4.45. The van der Waals surface area contributed by atoms with E-state index < -0.39 is 6.10 Å². The molecule has 15 heavy (non-hydrogen) atoms. The molecule has 1 aromatic carbocycles. The van der Waals surface area contributed by atoms with Crippen LogP contribution in [0.5, 0.6) is 0 Å². The lowest BCUT2D eigenvalue weighted by atomic mass is 10.1. The number of hydrogen-bond acceptors (Lipinski definition) is 3. The monoisotopic (exact) mass is 283 g/mol. The number of thiophene rings is 1. The van der Waals surface area contributed by atoms with Crippen LogP contribution in [0.1, 0.15) is 16.5 Å². The van der Waals surface area contributed by atoms with E-state index in [1.807, 2.05) is 23.6 Å². The summed E-state index contributed by atoms with van der Waals surface area (Å²) in [7, 11) is 0. The third kappa shape index (κ3) is 2.22. The van der Waals surface area contributed by atoms with Crippen molar-refractivity contribution < 1.29 is 5.11 Å². The van der Waals surface area contributed by atoms with Crippen molar-refractivity contribution in [1.82, 2.24) is 0 Å². The molecule has 0 bridgehead atoms. The lowest BCUT2D eigenvalue weighted by molar-refractivity contribution is 0.223. The lowest BCUT2D eigenvalue weighted by Gasteiger charge is -2.09. The molecule has 0 saturated heterocycles. The van der Waals surface area contributed by atoms with Gasteiger partial charge in [-0.2, -0.15) is 0 Å². The highest BCUT2D eigenvalue weighted by molar-refractivity contribution is 9.10. The van der Waals surface area contributed by atoms with Gasteiger partial charge in [0.05, 0.1) is 4.88 Å². The van der Waals surface area contributed by atoms with Crippen LogP contribution in [0.3, 0.4) is 0 Å². The number of nitrogen functional groups attached to an aromatic ring is 1. The normalized spacial score (nSPS) is 12.7. The predicted octanol–water partition coefficient (Wildman–Crippen LogP) is 3.17. The van der Waals surface area contributed by atoms with Crippen molar-refractivity contribution in [2.24, 2.45) is 0 Å². The van der Waals surface area contributed by atoms with Crippen LogP contribution < -0.4 is 5.73 Å². The summed E-state index contributed by atoms with van der Waals surface area (Å²) >= 11 is 4.93. The molecule has 1 aromatic heterocycles. The predicted molar refractivity (Wildman–Crippen MR) is 66.9 cm³/mol. The maximum Gasteiger partial charge on any atom is 0.114 e.